The van der Waals surface area contributed by atoms with Crippen LogP contribution >= 0.6 is 0 Å². The number of carbonyl (C=O) groups excluding carboxylic acids is 8. The van der Waals surface area contributed by atoms with Gasteiger partial charge in [0.25, 0.3) is 0 Å². The second-order valence-corrected chi connectivity index (χ2v) is 15.3. The number of nitrogens with one attached hydrogen (secondary N) is 8. The van der Waals surface area contributed by atoms with Crippen LogP contribution in [-0.4, -0.2) is 148 Å². The summed E-state index contributed by atoms with van der Waals surface area (Å²) in [6.45, 7) is 12.8. The molecule has 0 fully saturated rings. The van der Waals surface area contributed by atoms with E-state index in [9.17, 15) is 58.2 Å². The van der Waals surface area contributed by atoms with Crippen LogP contribution in [0.15, 0.2) is 4.99 Å². The first-order valence-electron chi connectivity index (χ1n) is 20.0. The normalized spacial score (nSPS) is 16.3. The number of carboxylic acids is 2. The lowest BCUT2D eigenvalue weighted by Gasteiger charge is -2.30. The molecule has 0 saturated heterocycles. The van der Waals surface area contributed by atoms with Crippen molar-refractivity contribution in [2.45, 2.75) is 148 Å². The van der Waals surface area contributed by atoms with Crippen molar-refractivity contribution >= 4 is 65.2 Å². The van der Waals surface area contributed by atoms with Gasteiger partial charge >= 0.3 is 11.9 Å². The van der Waals surface area contributed by atoms with E-state index < -0.39 is 138 Å². The maximum absolute atomic E-state index is 13.9. The third-order valence-electron chi connectivity index (χ3n) is 9.44. The fourth-order valence-electron chi connectivity index (χ4n) is 5.23. The first kappa shape index (κ1) is 55.9. The molecule has 62 heavy (non-hydrogen) atoms. The van der Waals surface area contributed by atoms with E-state index in [2.05, 4.69) is 47.5 Å². The topological polar surface area (TPSA) is 418 Å². The molecule has 25 heteroatoms. The Balaban J connectivity index is 6.28. The number of carbonyl (C=O) groups is 10. The monoisotopic (exact) mass is 886 g/mol. The maximum Gasteiger partial charge on any atom is 0.325 e. The first-order valence-corrected chi connectivity index (χ1v) is 20.0. The molecule has 8 amide bonds. The Kier molecular flexibility index (Phi) is 24.3. The number of rotatable bonds is 27. The minimum absolute atomic E-state index is 0.0309. The van der Waals surface area contributed by atoms with E-state index in [1.807, 2.05) is 0 Å². The van der Waals surface area contributed by atoms with E-state index in [1.165, 1.54) is 34.6 Å². The number of hydrogen-bond donors (Lipinski definition) is 14. The SMILES string of the molecule is CC[C@H](C)[C@H](NC(=O)[C@H](CC(=O)O)NC(=O)[C@H](C)NC(=O)[C@H](C)NC(=O)[C@@H](N)[C@@H](C)O)C(=O)N[C@@H](CCCN=C(N)N)C(=O)N[C@H](C(=O)N[C@@H](C)C(=O)N[C@@H](C)C(=O)O)C(C)C. The zero-order valence-corrected chi connectivity index (χ0v) is 36.6. The summed E-state index contributed by atoms with van der Waals surface area (Å²) in [7, 11) is 0. The van der Waals surface area contributed by atoms with Crippen molar-refractivity contribution in [1.82, 2.24) is 42.5 Å². The van der Waals surface area contributed by atoms with Crippen LogP contribution < -0.4 is 59.7 Å². The lowest BCUT2D eigenvalue weighted by Crippen LogP contribution is -2.61. The molecular weight excluding hydrogens is 820 g/mol. The summed E-state index contributed by atoms with van der Waals surface area (Å²) in [5, 5.41) is 47.3. The summed E-state index contributed by atoms with van der Waals surface area (Å²) in [5.41, 5.74) is 16.4. The van der Waals surface area contributed by atoms with Crippen LogP contribution in [-0.2, 0) is 47.9 Å². The van der Waals surface area contributed by atoms with Gasteiger partial charge in [0.15, 0.2) is 5.96 Å². The molecule has 352 valence electrons. The number of carboxylic acid groups (broad SMARTS) is 2. The zero-order valence-electron chi connectivity index (χ0n) is 36.6. The summed E-state index contributed by atoms with van der Waals surface area (Å²) >= 11 is 0. The van der Waals surface area contributed by atoms with E-state index in [1.54, 1.807) is 27.7 Å². The second kappa shape index (κ2) is 27.0. The van der Waals surface area contributed by atoms with Gasteiger partial charge in [0, 0.05) is 6.54 Å². The summed E-state index contributed by atoms with van der Waals surface area (Å²) < 4.78 is 0. The average molecular weight is 887 g/mol. The molecule has 0 aliphatic heterocycles. The molecule has 0 spiro atoms. The van der Waals surface area contributed by atoms with Gasteiger partial charge in [0.1, 0.15) is 54.4 Å². The summed E-state index contributed by atoms with van der Waals surface area (Å²) in [6, 6.07) is -12.2. The molecule has 17 N–H and O–H groups in total. The molecule has 0 aliphatic carbocycles. The molecule has 11 atom stereocenters. The first-order chi connectivity index (χ1) is 28.6. The lowest BCUT2D eigenvalue weighted by atomic mass is 9.96. The van der Waals surface area contributed by atoms with Crippen molar-refractivity contribution in [1.29, 1.82) is 0 Å². The molecule has 0 aromatic heterocycles. The van der Waals surface area contributed by atoms with Gasteiger partial charge in [-0.2, -0.15) is 0 Å². The molecule has 0 heterocycles. The Hall–Kier alpha value is -6.11. The van der Waals surface area contributed by atoms with Gasteiger partial charge in [-0.3, -0.25) is 52.9 Å². The molecule has 0 aliphatic rings. The molecule has 0 rings (SSSR count). The lowest BCUT2D eigenvalue weighted by molar-refractivity contribution is -0.142. The van der Waals surface area contributed by atoms with E-state index >= 15 is 0 Å². The third kappa shape index (κ3) is 20.0. The molecule has 0 bridgehead atoms. The third-order valence-corrected chi connectivity index (χ3v) is 9.44. The number of hydrogen-bond acceptors (Lipinski definition) is 13. The zero-order chi connectivity index (χ0) is 48.2. The molecule has 0 aromatic carbocycles. The Morgan fingerprint density at radius 1 is 0.548 bits per heavy atom. The van der Waals surface area contributed by atoms with Gasteiger partial charge in [0.05, 0.1) is 12.5 Å². The van der Waals surface area contributed by atoms with Gasteiger partial charge in [-0.15, -0.1) is 0 Å². The number of aliphatic imine (C=N–C) groups is 1. The number of aliphatic hydroxyl groups is 1. The van der Waals surface area contributed by atoms with Crippen molar-refractivity contribution in [2.24, 2.45) is 34.0 Å². The minimum atomic E-state index is -1.78. The van der Waals surface area contributed by atoms with Crippen LogP contribution in [0.2, 0.25) is 0 Å². The van der Waals surface area contributed by atoms with Gasteiger partial charge in [-0.1, -0.05) is 34.1 Å². The van der Waals surface area contributed by atoms with Gasteiger partial charge in [-0.25, -0.2) is 0 Å². The predicted octanol–water partition coefficient (Wildman–Crippen LogP) is -5.03. The number of guanidine groups is 1. The van der Waals surface area contributed by atoms with E-state index in [-0.39, 0.29) is 31.8 Å². The number of nitrogens with two attached hydrogens (primary N) is 3. The number of aliphatic carboxylic acids is 2. The van der Waals surface area contributed by atoms with Crippen LogP contribution in [0, 0.1) is 11.8 Å². The van der Waals surface area contributed by atoms with Gasteiger partial charge in [-0.05, 0) is 59.3 Å². The van der Waals surface area contributed by atoms with E-state index in [0.29, 0.717) is 0 Å². The van der Waals surface area contributed by atoms with Crippen LogP contribution in [0.25, 0.3) is 0 Å². The summed E-state index contributed by atoms with van der Waals surface area (Å²) in [4.78, 5) is 132. The van der Waals surface area contributed by atoms with E-state index in [4.69, 9.17) is 22.3 Å². The highest BCUT2D eigenvalue weighted by atomic mass is 16.4. The van der Waals surface area contributed by atoms with E-state index in [0.717, 1.165) is 0 Å². The highest BCUT2D eigenvalue weighted by Crippen LogP contribution is 2.12. The average Bonchev–Trinajstić information content (AvgIpc) is 3.17. The van der Waals surface area contributed by atoms with Crippen LogP contribution in [0.4, 0.5) is 0 Å². The molecule has 0 radical (unpaired) electrons. The van der Waals surface area contributed by atoms with Crippen molar-refractivity contribution in [3.63, 3.8) is 0 Å². The Bertz CT molecular complexity index is 1640. The fourth-order valence-corrected chi connectivity index (χ4v) is 5.23. The molecule has 0 unspecified atom stereocenters. The number of aliphatic hydroxyl groups excluding tert-OH is 1. The maximum atomic E-state index is 13.9. The van der Waals surface area contributed by atoms with Gasteiger partial charge < -0.3 is 75.1 Å². The Morgan fingerprint density at radius 2 is 0.968 bits per heavy atom. The highest BCUT2D eigenvalue weighted by molar-refractivity contribution is 5.98. The molecule has 0 saturated carbocycles. The van der Waals surface area contributed by atoms with Crippen molar-refractivity contribution in [3.05, 3.63) is 0 Å². The van der Waals surface area contributed by atoms with Crippen molar-refractivity contribution < 1.29 is 63.3 Å². The quantitative estimate of drug-likeness (QED) is 0.0209. The minimum Gasteiger partial charge on any atom is -0.481 e. The summed E-state index contributed by atoms with van der Waals surface area (Å²) in [6.07, 6.45) is -1.85. The smallest absolute Gasteiger partial charge is 0.325 e. The van der Waals surface area contributed by atoms with Crippen LogP contribution in [0.3, 0.4) is 0 Å². The van der Waals surface area contributed by atoms with Crippen LogP contribution in [0.1, 0.15) is 88.0 Å². The molecular formula is C37H66N12O13. The molecule has 0 aromatic rings. The Morgan fingerprint density at radius 3 is 1.42 bits per heavy atom. The van der Waals surface area contributed by atoms with Crippen LogP contribution in [0.5, 0.6) is 0 Å². The predicted molar refractivity (Wildman–Crippen MR) is 222 cm³/mol. The number of nitrogens with zero attached hydrogens (tertiary/aromatic N) is 1. The molecule has 25 nitrogen and oxygen atoms in total. The summed E-state index contributed by atoms with van der Waals surface area (Å²) in [5.74, 6) is -11.4. The largest absolute Gasteiger partial charge is 0.481 e. The highest BCUT2D eigenvalue weighted by Gasteiger charge is 2.36. The standard InChI is InChI=1S/C37H66N12O13/c1-10-16(4)27(49-32(57)23(14-24(51)52)47-30(55)19(7)42-28(53)17(5)43-33(58)25(38)21(9)50)35(60)46-22(12-11-13-41-37(39)40)31(56)48-26(15(2)3)34(59)44-18(6)29(54)45-20(8)36(61)62/h15-23,25-27,50H,10-14,38H2,1-9H3,(H,42,53)(H,43,58)(H,44,59)(H,45,54)(H,46,60)(H,47,55)(H,48,56)(H,49,57)(H,51,52)(H,61,62)(H4,39,40,41)/t16-,17-,18-,19-,20-,21+,22-,23-,25-,26-,27-/m0/s1. The second-order valence-electron chi connectivity index (χ2n) is 15.3. The Labute approximate surface area is 359 Å². The van der Waals surface area contributed by atoms with Gasteiger partial charge in [0.2, 0.25) is 47.3 Å². The van der Waals surface area contributed by atoms with Crippen molar-refractivity contribution in [3.8, 4) is 0 Å². The fraction of sp³-hybridized carbons (Fsp3) is 0.703. The number of amides is 8. The van der Waals surface area contributed by atoms with Crippen molar-refractivity contribution in [2.75, 3.05) is 6.54 Å².